The summed E-state index contributed by atoms with van der Waals surface area (Å²) < 4.78 is 5.34. The minimum Gasteiger partial charge on any atom is -0.339 e. The monoisotopic (exact) mass is 275 g/mol. The fraction of sp³-hybridized carbons (Fsp3) is 0.812. The van der Waals surface area contributed by atoms with Gasteiger partial charge in [-0.05, 0) is 43.4 Å². The largest absolute Gasteiger partial charge is 0.339 e. The molecule has 0 saturated heterocycles. The third kappa shape index (κ3) is 3.82. The molecule has 110 valence electrons. The molecule has 1 aliphatic rings. The van der Waals surface area contributed by atoms with E-state index < -0.39 is 0 Å². The minimum absolute atomic E-state index is 0.282. The average Bonchev–Trinajstić information content (AvgIpc) is 2.87. The van der Waals surface area contributed by atoms with Gasteiger partial charge in [-0.1, -0.05) is 25.9 Å². The highest BCUT2D eigenvalue weighted by atomic mass is 16.5. The summed E-state index contributed by atoms with van der Waals surface area (Å²) in [5.41, 5.74) is 0. The number of nitriles is 1. The van der Waals surface area contributed by atoms with Crippen LogP contribution in [0.25, 0.3) is 0 Å². The van der Waals surface area contributed by atoms with E-state index in [4.69, 9.17) is 9.78 Å². The predicted molar refractivity (Wildman–Crippen MR) is 76.9 cm³/mol. The van der Waals surface area contributed by atoms with Gasteiger partial charge >= 0.3 is 0 Å². The molecule has 1 aromatic heterocycles. The second kappa shape index (κ2) is 6.88. The Balaban J connectivity index is 1.88. The maximum Gasteiger partial charge on any atom is 0.226 e. The molecule has 1 heterocycles. The Hall–Kier alpha value is -1.37. The van der Waals surface area contributed by atoms with Gasteiger partial charge in [-0.3, -0.25) is 0 Å². The van der Waals surface area contributed by atoms with Gasteiger partial charge in [0.1, 0.15) is 0 Å². The molecule has 4 heteroatoms. The van der Waals surface area contributed by atoms with Crippen molar-refractivity contribution >= 4 is 0 Å². The van der Waals surface area contributed by atoms with Crippen LogP contribution in [-0.2, 0) is 6.42 Å². The van der Waals surface area contributed by atoms with E-state index in [0.717, 1.165) is 17.7 Å². The van der Waals surface area contributed by atoms with E-state index in [2.05, 4.69) is 30.1 Å². The molecule has 0 radical (unpaired) electrons. The Morgan fingerprint density at radius 3 is 2.55 bits per heavy atom. The van der Waals surface area contributed by atoms with Crippen molar-refractivity contribution in [3.8, 4) is 6.07 Å². The van der Waals surface area contributed by atoms with Crippen LogP contribution in [0.5, 0.6) is 0 Å². The van der Waals surface area contributed by atoms with Crippen LogP contribution < -0.4 is 0 Å². The zero-order valence-electron chi connectivity index (χ0n) is 12.8. The number of aromatic nitrogens is 2. The molecule has 4 nitrogen and oxygen atoms in total. The second-order valence-corrected chi connectivity index (χ2v) is 6.57. The zero-order valence-corrected chi connectivity index (χ0v) is 12.8. The highest BCUT2D eigenvalue weighted by molar-refractivity contribution is 4.98. The highest BCUT2D eigenvalue weighted by Gasteiger charge is 2.27. The lowest BCUT2D eigenvalue weighted by Crippen LogP contribution is -2.18. The molecule has 0 aliphatic heterocycles. The zero-order chi connectivity index (χ0) is 14.5. The Kier molecular flexibility index (Phi) is 5.17. The molecule has 1 atom stereocenters. The minimum atomic E-state index is 0.282. The first kappa shape index (κ1) is 15.0. The smallest absolute Gasteiger partial charge is 0.226 e. The topological polar surface area (TPSA) is 62.7 Å². The van der Waals surface area contributed by atoms with Crippen molar-refractivity contribution in [1.29, 1.82) is 5.26 Å². The van der Waals surface area contributed by atoms with Gasteiger partial charge in [-0.25, -0.2) is 0 Å². The molecular formula is C16H25N3O. The van der Waals surface area contributed by atoms with E-state index in [1.807, 2.05) is 6.92 Å². The van der Waals surface area contributed by atoms with Crippen molar-refractivity contribution in [2.75, 3.05) is 0 Å². The summed E-state index contributed by atoms with van der Waals surface area (Å²) in [6, 6.07) is 2.18. The molecule has 1 unspecified atom stereocenters. The van der Waals surface area contributed by atoms with Crippen LogP contribution in [0.1, 0.15) is 70.5 Å². The summed E-state index contributed by atoms with van der Waals surface area (Å²) in [7, 11) is 0. The molecule has 1 aliphatic carbocycles. The summed E-state index contributed by atoms with van der Waals surface area (Å²) in [6.07, 6.45) is 6.15. The molecule has 1 saturated carbocycles. The maximum absolute atomic E-state index is 8.68. The van der Waals surface area contributed by atoms with Gasteiger partial charge in [-0.2, -0.15) is 10.2 Å². The maximum atomic E-state index is 8.68. The Labute approximate surface area is 121 Å². The Morgan fingerprint density at radius 2 is 1.95 bits per heavy atom. The van der Waals surface area contributed by atoms with E-state index in [0.29, 0.717) is 24.7 Å². The Morgan fingerprint density at radius 1 is 1.25 bits per heavy atom. The molecule has 2 rings (SSSR count). The number of rotatable bonds is 5. The van der Waals surface area contributed by atoms with Crippen molar-refractivity contribution in [2.45, 2.75) is 65.2 Å². The second-order valence-electron chi connectivity index (χ2n) is 6.57. The van der Waals surface area contributed by atoms with E-state index >= 15 is 0 Å². The van der Waals surface area contributed by atoms with Gasteiger partial charge in [0, 0.05) is 18.8 Å². The van der Waals surface area contributed by atoms with Crippen molar-refractivity contribution in [2.24, 2.45) is 17.8 Å². The van der Waals surface area contributed by atoms with Crippen LogP contribution in [0.4, 0.5) is 0 Å². The molecule has 1 fully saturated rings. The summed E-state index contributed by atoms with van der Waals surface area (Å²) in [5, 5.41) is 12.8. The standard InChI is InChI=1S/C16H25N3O/c1-11(2)13-4-6-14(7-5-13)16-18-15(20-19-16)10-12(3)8-9-17/h11-14H,4-8,10H2,1-3H3. The van der Waals surface area contributed by atoms with Crippen LogP contribution in [-0.4, -0.2) is 10.1 Å². The summed E-state index contributed by atoms with van der Waals surface area (Å²) in [4.78, 5) is 4.54. The van der Waals surface area contributed by atoms with Crippen LogP contribution in [0.2, 0.25) is 0 Å². The van der Waals surface area contributed by atoms with Gasteiger partial charge in [0.15, 0.2) is 5.82 Å². The van der Waals surface area contributed by atoms with E-state index in [1.165, 1.54) is 25.7 Å². The van der Waals surface area contributed by atoms with Crippen molar-refractivity contribution in [3.05, 3.63) is 11.7 Å². The molecule has 0 spiro atoms. The fourth-order valence-corrected chi connectivity index (χ4v) is 3.09. The third-order valence-electron chi connectivity index (χ3n) is 4.53. The number of hydrogen-bond acceptors (Lipinski definition) is 4. The Bertz CT molecular complexity index is 453. The van der Waals surface area contributed by atoms with Gasteiger partial charge in [0.25, 0.3) is 0 Å². The van der Waals surface area contributed by atoms with Gasteiger partial charge < -0.3 is 4.52 Å². The van der Waals surface area contributed by atoms with E-state index in [9.17, 15) is 0 Å². The fourth-order valence-electron chi connectivity index (χ4n) is 3.09. The van der Waals surface area contributed by atoms with Crippen LogP contribution in [0, 0.1) is 29.1 Å². The van der Waals surface area contributed by atoms with Crippen LogP contribution in [0.3, 0.4) is 0 Å². The molecule has 1 aromatic rings. The predicted octanol–water partition coefficient (Wildman–Crippen LogP) is 4.09. The molecule has 0 amide bonds. The molecule has 0 aromatic carbocycles. The van der Waals surface area contributed by atoms with Gasteiger partial charge in [0.2, 0.25) is 5.89 Å². The number of nitrogens with zero attached hydrogens (tertiary/aromatic N) is 3. The highest BCUT2D eigenvalue weighted by Crippen LogP contribution is 2.37. The first-order chi connectivity index (χ1) is 9.60. The third-order valence-corrected chi connectivity index (χ3v) is 4.53. The normalized spacial score (nSPS) is 24.6. The van der Waals surface area contributed by atoms with Crippen LogP contribution >= 0.6 is 0 Å². The molecule has 0 bridgehead atoms. The summed E-state index contributed by atoms with van der Waals surface area (Å²) >= 11 is 0. The molecular weight excluding hydrogens is 250 g/mol. The lowest BCUT2D eigenvalue weighted by molar-refractivity contribution is 0.251. The molecule has 0 N–H and O–H groups in total. The van der Waals surface area contributed by atoms with Gasteiger partial charge in [0.05, 0.1) is 6.07 Å². The summed E-state index contributed by atoms with van der Waals surface area (Å²) in [6.45, 7) is 6.67. The van der Waals surface area contributed by atoms with E-state index in [1.54, 1.807) is 0 Å². The average molecular weight is 275 g/mol. The van der Waals surface area contributed by atoms with E-state index in [-0.39, 0.29) is 5.92 Å². The van der Waals surface area contributed by atoms with Crippen molar-refractivity contribution < 1.29 is 4.52 Å². The van der Waals surface area contributed by atoms with Crippen molar-refractivity contribution in [3.63, 3.8) is 0 Å². The van der Waals surface area contributed by atoms with Crippen molar-refractivity contribution in [1.82, 2.24) is 10.1 Å². The summed E-state index contributed by atoms with van der Waals surface area (Å²) in [5.74, 6) is 3.95. The van der Waals surface area contributed by atoms with Gasteiger partial charge in [-0.15, -0.1) is 0 Å². The quantitative estimate of drug-likeness (QED) is 0.811. The lowest BCUT2D eigenvalue weighted by atomic mass is 9.77. The lowest BCUT2D eigenvalue weighted by Gasteiger charge is -2.29. The van der Waals surface area contributed by atoms with Crippen LogP contribution in [0.15, 0.2) is 4.52 Å². The first-order valence-electron chi connectivity index (χ1n) is 7.79. The molecule has 20 heavy (non-hydrogen) atoms. The first-order valence-corrected chi connectivity index (χ1v) is 7.79. The number of hydrogen-bond donors (Lipinski definition) is 0. The SMILES string of the molecule is CC(CC#N)Cc1nc(C2CCC(C(C)C)CC2)no1.